The van der Waals surface area contributed by atoms with E-state index in [0.717, 1.165) is 34.4 Å². The monoisotopic (exact) mass is 377 g/mol. The van der Waals surface area contributed by atoms with Crippen molar-refractivity contribution in [2.24, 2.45) is 14.1 Å². The summed E-state index contributed by atoms with van der Waals surface area (Å²) in [7, 11) is 3.18. The average molecular weight is 377 g/mol. The molecule has 1 aliphatic rings. The summed E-state index contributed by atoms with van der Waals surface area (Å²) in [4.78, 5) is 30.0. The lowest BCUT2D eigenvalue weighted by Gasteiger charge is -2.25. The molecular weight excluding hydrogens is 354 g/mol. The first-order chi connectivity index (χ1) is 13.6. The molecule has 0 radical (unpaired) electrons. The number of hydrogen-bond donors (Lipinski definition) is 0. The largest absolute Gasteiger partial charge is 0.332 e. The van der Waals surface area contributed by atoms with E-state index < -0.39 is 0 Å². The minimum absolute atomic E-state index is 0.314. The maximum Gasteiger partial charge on any atom is 0.332 e. The number of rotatable bonds is 2. The molecule has 4 aromatic rings. The quantitative estimate of drug-likeness (QED) is 0.539. The zero-order valence-electron chi connectivity index (χ0n) is 16.1. The van der Waals surface area contributed by atoms with Crippen molar-refractivity contribution in [3.8, 4) is 11.3 Å². The van der Waals surface area contributed by atoms with Crippen LogP contribution in [0, 0.1) is 0 Å². The lowest BCUT2D eigenvalue weighted by atomic mass is 9.95. The van der Waals surface area contributed by atoms with Gasteiger partial charge in [0, 0.05) is 26.3 Å². The van der Waals surface area contributed by atoms with Crippen LogP contribution >= 0.6 is 0 Å². The number of imidazole rings is 2. The second-order valence-electron chi connectivity index (χ2n) is 7.70. The fourth-order valence-corrected chi connectivity index (χ4v) is 4.51. The van der Waals surface area contributed by atoms with Gasteiger partial charge >= 0.3 is 5.69 Å². The molecule has 1 aromatic carbocycles. The van der Waals surface area contributed by atoms with Crippen molar-refractivity contribution in [2.45, 2.75) is 38.1 Å². The van der Waals surface area contributed by atoms with Crippen LogP contribution in [0.4, 0.5) is 0 Å². The Kier molecular flexibility index (Phi) is 3.79. The number of aryl methyl sites for hydroxylation is 1. The van der Waals surface area contributed by atoms with E-state index in [0.29, 0.717) is 17.2 Å². The van der Waals surface area contributed by atoms with Crippen molar-refractivity contribution < 1.29 is 0 Å². The highest BCUT2D eigenvalue weighted by atomic mass is 16.2. The predicted octanol–water partition coefficient (Wildman–Crippen LogP) is 2.86. The van der Waals surface area contributed by atoms with Crippen LogP contribution in [0.3, 0.4) is 0 Å². The maximum absolute atomic E-state index is 12.9. The molecule has 1 aliphatic carbocycles. The van der Waals surface area contributed by atoms with Gasteiger partial charge < -0.3 is 4.57 Å². The van der Waals surface area contributed by atoms with Crippen molar-refractivity contribution in [1.29, 1.82) is 0 Å². The topological polar surface area (TPSA) is 66.2 Å². The molecule has 0 N–H and O–H groups in total. The summed E-state index contributed by atoms with van der Waals surface area (Å²) >= 11 is 0. The highest BCUT2D eigenvalue weighted by Gasteiger charge is 2.25. The van der Waals surface area contributed by atoms with Crippen LogP contribution in [0.5, 0.6) is 0 Å². The summed E-state index contributed by atoms with van der Waals surface area (Å²) in [5, 5.41) is 0. The van der Waals surface area contributed by atoms with Crippen molar-refractivity contribution >= 4 is 16.9 Å². The Morgan fingerprint density at radius 2 is 1.68 bits per heavy atom. The number of hydrogen-bond acceptors (Lipinski definition) is 3. The summed E-state index contributed by atoms with van der Waals surface area (Å²) in [6.45, 7) is 0. The van der Waals surface area contributed by atoms with E-state index in [1.54, 1.807) is 7.05 Å². The van der Waals surface area contributed by atoms with Crippen LogP contribution in [0.2, 0.25) is 0 Å². The van der Waals surface area contributed by atoms with Gasteiger partial charge in [0.05, 0.1) is 5.69 Å². The lowest BCUT2D eigenvalue weighted by molar-refractivity contribution is 0.361. The predicted molar refractivity (Wildman–Crippen MR) is 109 cm³/mol. The van der Waals surface area contributed by atoms with Gasteiger partial charge in [-0.05, 0) is 18.4 Å². The van der Waals surface area contributed by atoms with E-state index in [2.05, 4.69) is 16.7 Å². The first kappa shape index (κ1) is 17.0. The normalized spacial score (nSPS) is 15.6. The molecule has 0 spiro atoms. The minimum Gasteiger partial charge on any atom is -0.306 e. The Balaban J connectivity index is 1.90. The van der Waals surface area contributed by atoms with E-state index in [4.69, 9.17) is 4.98 Å². The van der Waals surface area contributed by atoms with Crippen LogP contribution in [0.1, 0.15) is 38.1 Å². The fourth-order valence-electron chi connectivity index (χ4n) is 4.51. The smallest absolute Gasteiger partial charge is 0.306 e. The van der Waals surface area contributed by atoms with Gasteiger partial charge in [-0.1, -0.05) is 49.6 Å². The van der Waals surface area contributed by atoms with Gasteiger partial charge in [-0.15, -0.1) is 0 Å². The van der Waals surface area contributed by atoms with Crippen LogP contribution < -0.4 is 11.2 Å². The molecule has 0 amide bonds. The molecule has 28 heavy (non-hydrogen) atoms. The molecule has 3 aromatic heterocycles. The van der Waals surface area contributed by atoms with E-state index >= 15 is 0 Å². The van der Waals surface area contributed by atoms with Crippen LogP contribution in [0.15, 0.2) is 46.1 Å². The Bertz CT molecular complexity index is 1300. The molecule has 7 heteroatoms. The Labute approximate surface area is 161 Å². The Morgan fingerprint density at radius 1 is 0.964 bits per heavy atom. The zero-order chi connectivity index (χ0) is 19.4. The van der Waals surface area contributed by atoms with Gasteiger partial charge in [0.25, 0.3) is 5.56 Å². The van der Waals surface area contributed by atoms with Crippen molar-refractivity contribution in [3.63, 3.8) is 0 Å². The third kappa shape index (κ3) is 2.32. The van der Waals surface area contributed by atoms with Crippen molar-refractivity contribution in [1.82, 2.24) is 23.1 Å². The summed E-state index contributed by atoms with van der Waals surface area (Å²) in [5.41, 5.74) is 2.39. The van der Waals surface area contributed by atoms with Gasteiger partial charge in [-0.3, -0.25) is 18.3 Å². The third-order valence-corrected chi connectivity index (χ3v) is 6.01. The Hall–Kier alpha value is -3.09. The molecule has 0 aliphatic heterocycles. The van der Waals surface area contributed by atoms with Crippen molar-refractivity contribution in [3.05, 3.63) is 57.4 Å². The van der Waals surface area contributed by atoms with Crippen molar-refractivity contribution in [2.75, 3.05) is 0 Å². The SMILES string of the molecule is Cn1c(=O)c2c(nc3n(C4CCCCC4)c(-c4ccccc4)cn23)n(C)c1=O. The first-order valence-corrected chi connectivity index (χ1v) is 9.82. The minimum atomic E-state index is -0.356. The summed E-state index contributed by atoms with van der Waals surface area (Å²) < 4.78 is 6.75. The van der Waals surface area contributed by atoms with Gasteiger partial charge in [0.15, 0.2) is 11.2 Å². The van der Waals surface area contributed by atoms with Crippen LogP contribution in [-0.2, 0) is 14.1 Å². The molecule has 1 fully saturated rings. The second kappa shape index (κ2) is 6.22. The number of aromatic nitrogens is 5. The van der Waals surface area contributed by atoms with Gasteiger partial charge in [0.1, 0.15) is 0 Å². The third-order valence-electron chi connectivity index (χ3n) is 6.01. The molecular formula is C21H23N5O2. The molecule has 0 bridgehead atoms. The van der Waals surface area contributed by atoms with E-state index in [1.165, 1.54) is 30.9 Å². The molecule has 144 valence electrons. The molecule has 0 unspecified atom stereocenters. The maximum atomic E-state index is 12.9. The molecule has 7 nitrogen and oxygen atoms in total. The molecule has 0 atom stereocenters. The van der Waals surface area contributed by atoms with E-state index in [9.17, 15) is 9.59 Å². The van der Waals surface area contributed by atoms with Crippen LogP contribution in [0.25, 0.3) is 28.2 Å². The highest BCUT2D eigenvalue weighted by Crippen LogP contribution is 2.35. The fraction of sp³-hybridized carbons (Fsp3) is 0.381. The lowest BCUT2D eigenvalue weighted by Crippen LogP contribution is -2.37. The van der Waals surface area contributed by atoms with E-state index in [1.807, 2.05) is 28.8 Å². The number of nitrogens with zero attached hydrogens (tertiary/aromatic N) is 5. The molecule has 1 saturated carbocycles. The molecule has 5 rings (SSSR count). The standard InChI is InChI=1S/C21H23N5O2/c1-23-18-17(19(27)24(2)21(23)28)25-13-16(14-9-5-3-6-10-14)26(20(25)22-18)15-11-7-4-8-12-15/h3,5-6,9-10,13,15H,4,7-8,11-12H2,1-2H3. The summed E-state index contributed by atoms with van der Waals surface area (Å²) in [5.74, 6) is 0.735. The van der Waals surface area contributed by atoms with Gasteiger partial charge in [-0.25, -0.2) is 4.79 Å². The highest BCUT2D eigenvalue weighted by molar-refractivity contribution is 5.78. The Morgan fingerprint density at radius 3 is 2.39 bits per heavy atom. The van der Waals surface area contributed by atoms with Crippen LogP contribution in [-0.4, -0.2) is 23.1 Å². The molecule has 0 saturated heterocycles. The zero-order valence-corrected chi connectivity index (χ0v) is 16.1. The summed E-state index contributed by atoms with van der Waals surface area (Å²) in [6.07, 6.45) is 7.86. The number of benzene rings is 1. The first-order valence-electron chi connectivity index (χ1n) is 9.82. The number of fused-ring (bicyclic) bond motifs is 3. The van der Waals surface area contributed by atoms with E-state index in [-0.39, 0.29) is 11.2 Å². The van der Waals surface area contributed by atoms with Gasteiger partial charge in [0.2, 0.25) is 5.78 Å². The molecule has 3 heterocycles. The summed E-state index contributed by atoms with van der Waals surface area (Å²) in [6, 6.07) is 10.6. The van der Waals surface area contributed by atoms with Gasteiger partial charge in [-0.2, -0.15) is 4.98 Å². The second-order valence-corrected chi connectivity index (χ2v) is 7.70. The average Bonchev–Trinajstić information content (AvgIpc) is 3.28.